The number of halogens is 2. The average molecular weight is 421 g/mol. The molecule has 0 saturated heterocycles. The minimum atomic E-state index is -3.31. The van der Waals surface area contributed by atoms with Crippen LogP contribution in [0.5, 0.6) is 0 Å². The van der Waals surface area contributed by atoms with Gasteiger partial charge >= 0.3 is 0 Å². The predicted molar refractivity (Wildman–Crippen MR) is 110 cm³/mol. The Labute approximate surface area is 168 Å². The first-order valence-corrected chi connectivity index (χ1v) is 11.9. The molecule has 0 fully saturated rings. The molecule has 0 amide bonds. The van der Waals surface area contributed by atoms with Crippen LogP contribution >= 0.6 is 0 Å². The maximum absolute atomic E-state index is 12.1. The summed E-state index contributed by atoms with van der Waals surface area (Å²) in [6.45, 7) is 4.87. The third-order valence-corrected chi connectivity index (χ3v) is 5.25. The summed E-state index contributed by atoms with van der Waals surface area (Å²) in [5.41, 5.74) is 1.24. The minimum absolute atomic E-state index is 0.000674. The fourth-order valence-corrected chi connectivity index (χ4v) is 3.64. The van der Waals surface area contributed by atoms with E-state index in [4.69, 9.17) is 0 Å². The third kappa shape index (κ3) is 11.6. The first-order valence-electron chi connectivity index (χ1n) is 9.97. The molecule has 0 heterocycles. The molecule has 1 aromatic carbocycles. The highest BCUT2D eigenvalue weighted by atomic mass is 32.2. The van der Waals surface area contributed by atoms with Crippen LogP contribution in [0.25, 0.3) is 0 Å². The molecule has 0 bridgehead atoms. The quantitative estimate of drug-likeness (QED) is 0.413. The molecule has 8 heteroatoms. The van der Waals surface area contributed by atoms with Gasteiger partial charge in [-0.2, -0.15) is 0 Å². The molecule has 2 N–H and O–H groups in total. The summed E-state index contributed by atoms with van der Waals surface area (Å²) in [5, 5.41) is 10.3. The van der Waals surface area contributed by atoms with Gasteiger partial charge in [0.05, 0.1) is 12.4 Å². The fourth-order valence-electron chi connectivity index (χ4n) is 3.08. The van der Waals surface area contributed by atoms with Crippen LogP contribution in [0.2, 0.25) is 0 Å². The van der Waals surface area contributed by atoms with Crippen molar-refractivity contribution in [3.63, 3.8) is 0 Å². The molecule has 0 aliphatic heterocycles. The van der Waals surface area contributed by atoms with Gasteiger partial charge in [-0.25, -0.2) is 17.2 Å². The van der Waals surface area contributed by atoms with Crippen molar-refractivity contribution in [3.8, 4) is 0 Å². The molecular formula is C20H34F2N2O3S. The van der Waals surface area contributed by atoms with Gasteiger partial charge in [0.2, 0.25) is 16.4 Å². The molecule has 0 radical (unpaired) electrons. The Bertz CT molecular complexity index is 639. The van der Waals surface area contributed by atoms with Crippen LogP contribution in [-0.2, 0) is 10.0 Å². The van der Waals surface area contributed by atoms with Crippen molar-refractivity contribution in [2.45, 2.75) is 64.4 Å². The molecule has 1 unspecified atom stereocenters. The van der Waals surface area contributed by atoms with E-state index in [-0.39, 0.29) is 6.42 Å². The van der Waals surface area contributed by atoms with Crippen LogP contribution in [0, 0.1) is 0 Å². The number of hydrogen-bond acceptors (Lipinski definition) is 4. The van der Waals surface area contributed by atoms with Gasteiger partial charge in [-0.15, -0.1) is 0 Å². The molecule has 0 spiro atoms. The minimum Gasteiger partial charge on any atom is -0.388 e. The van der Waals surface area contributed by atoms with E-state index in [0.717, 1.165) is 57.1 Å². The normalized spacial score (nSPS) is 13.2. The van der Waals surface area contributed by atoms with Gasteiger partial charge in [-0.1, -0.05) is 31.9 Å². The number of hydrogen-bond donors (Lipinski definition) is 2. The van der Waals surface area contributed by atoms with Gasteiger partial charge in [-0.3, -0.25) is 4.72 Å². The molecule has 0 aliphatic carbocycles. The molecule has 0 saturated carbocycles. The van der Waals surface area contributed by atoms with Crippen molar-refractivity contribution in [1.82, 2.24) is 4.90 Å². The Kier molecular flexibility index (Phi) is 11.6. The maximum Gasteiger partial charge on any atom is 0.238 e. The third-order valence-electron chi connectivity index (χ3n) is 4.64. The number of aliphatic hydroxyl groups excluding tert-OH is 1. The number of alkyl halides is 2. The zero-order valence-corrected chi connectivity index (χ0v) is 17.7. The summed E-state index contributed by atoms with van der Waals surface area (Å²) in [6.07, 6.45) is 3.23. The van der Waals surface area contributed by atoms with Crippen LogP contribution in [0.1, 0.15) is 63.5 Å². The Morgan fingerprint density at radius 2 is 1.61 bits per heavy atom. The second kappa shape index (κ2) is 13.1. The van der Waals surface area contributed by atoms with Gasteiger partial charge in [0.25, 0.3) is 0 Å². The molecule has 1 rings (SSSR count). The first kappa shape index (κ1) is 24.8. The van der Waals surface area contributed by atoms with Crippen molar-refractivity contribution in [1.29, 1.82) is 0 Å². The molecule has 1 atom stereocenters. The standard InChI is InChI=1S/C20H34F2N2O3S/c1-3-24(15-7-5-4-6-10-20(21)22)16-8-9-19(25)17-11-13-18(14-12-17)23-28(2,26)27/h11-14,19-20,23,25H,3-10,15-16H2,1-2H3. The van der Waals surface area contributed by atoms with E-state index in [1.807, 2.05) is 0 Å². The Balaban J connectivity index is 2.26. The van der Waals surface area contributed by atoms with E-state index in [1.54, 1.807) is 24.3 Å². The summed E-state index contributed by atoms with van der Waals surface area (Å²) in [5.74, 6) is 0. The van der Waals surface area contributed by atoms with Crippen LogP contribution in [-0.4, -0.2) is 50.7 Å². The second-order valence-corrected chi connectivity index (χ2v) is 8.93. The van der Waals surface area contributed by atoms with E-state index in [1.165, 1.54) is 0 Å². The number of anilines is 1. The molecule has 5 nitrogen and oxygen atoms in total. The van der Waals surface area contributed by atoms with Crippen molar-refractivity contribution in [2.75, 3.05) is 30.6 Å². The lowest BCUT2D eigenvalue weighted by Crippen LogP contribution is -2.26. The number of nitrogens with zero attached hydrogens (tertiary/aromatic N) is 1. The summed E-state index contributed by atoms with van der Waals surface area (Å²) in [7, 11) is -3.31. The van der Waals surface area contributed by atoms with Crippen molar-refractivity contribution < 1.29 is 22.3 Å². The number of aliphatic hydroxyl groups is 1. The topological polar surface area (TPSA) is 69.6 Å². The zero-order valence-electron chi connectivity index (χ0n) is 16.9. The molecule has 1 aromatic rings. The first-order chi connectivity index (χ1) is 13.2. The smallest absolute Gasteiger partial charge is 0.238 e. The van der Waals surface area contributed by atoms with Crippen molar-refractivity contribution in [2.24, 2.45) is 0 Å². The van der Waals surface area contributed by atoms with Gasteiger partial charge < -0.3 is 10.0 Å². The lowest BCUT2D eigenvalue weighted by molar-refractivity contribution is 0.133. The monoisotopic (exact) mass is 420 g/mol. The summed E-state index contributed by atoms with van der Waals surface area (Å²) < 4.78 is 49.0. The highest BCUT2D eigenvalue weighted by Gasteiger charge is 2.10. The van der Waals surface area contributed by atoms with Gasteiger partial charge in [0.15, 0.2) is 0 Å². The number of rotatable bonds is 15. The molecule has 0 aliphatic rings. The molecule has 28 heavy (non-hydrogen) atoms. The maximum atomic E-state index is 12.1. The van der Waals surface area contributed by atoms with E-state index < -0.39 is 22.6 Å². The van der Waals surface area contributed by atoms with Gasteiger partial charge in [-0.05, 0) is 63.0 Å². The Hall–Kier alpha value is -1.25. The number of unbranched alkanes of at least 4 members (excludes halogenated alkanes) is 3. The molecular weight excluding hydrogens is 386 g/mol. The second-order valence-electron chi connectivity index (χ2n) is 7.18. The largest absolute Gasteiger partial charge is 0.388 e. The van der Waals surface area contributed by atoms with Crippen LogP contribution in [0.3, 0.4) is 0 Å². The SMILES string of the molecule is CCN(CCCCCCC(F)F)CCCC(O)c1ccc(NS(C)(=O)=O)cc1. The summed E-state index contributed by atoms with van der Waals surface area (Å²) in [4.78, 5) is 2.32. The van der Waals surface area contributed by atoms with Crippen molar-refractivity contribution >= 4 is 15.7 Å². The van der Waals surface area contributed by atoms with E-state index >= 15 is 0 Å². The highest BCUT2D eigenvalue weighted by molar-refractivity contribution is 7.92. The number of benzene rings is 1. The number of nitrogens with one attached hydrogen (secondary N) is 1. The predicted octanol–water partition coefficient (Wildman–Crippen LogP) is 4.41. The van der Waals surface area contributed by atoms with E-state index in [0.29, 0.717) is 18.5 Å². The fraction of sp³-hybridized carbons (Fsp3) is 0.700. The Morgan fingerprint density at radius 3 is 2.18 bits per heavy atom. The number of sulfonamides is 1. The lowest BCUT2D eigenvalue weighted by Gasteiger charge is -2.21. The zero-order chi connectivity index (χ0) is 21.0. The van der Waals surface area contributed by atoms with Crippen LogP contribution in [0.4, 0.5) is 14.5 Å². The summed E-state index contributed by atoms with van der Waals surface area (Å²) in [6, 6.07) is 6.75. The van der Waals surface area contributed by atoms with Crippen LogP contribution < -0.4 is 4.72 Å². The average Bonchev–Trinajstić information content (AvgIpc) is 2.61. The summed E-state index contributed by atoms with van der Waals surface area (Å²) >= 11 is 0. The lowest BCUT2D eigenvalue weighted by atomic mass is 10.0. The van der Waals surface area contributed by atoms with Gasteiger partial charge in [0, 0.05) is 12.1 Å². The molecule has 162 valence electrons. The highest BCUT2D eigenvalue weighted by Crippen LogP contribution is 2.21. The van der Waals surface area contributed by atoms with Gasteiger partial charge in [0.1, 0.15) is 0 Å². The van der Waals surface area contributed by atoms with E-state index in [9.17, 15) is 22.3 Å². The van der Waals surface area contributed by atoms with E-state index in [2.05, 4.69) is 16.5 Å². The molecule has 0 aromatic heterocycles. The Morgan fingerprint density at radius 1 is 1.00 bits per heavy atom. The van der Waals surface area contributed by atoms with Crippen LogP contribution in [0.15, 0.2) is 24.3 Å². The van der Waals surface area contributed by atoms with Crippen molar-refractivity contribution in [3.05, 3.63) is 29.8 Å².